The Labute approximate surface area is 130 Å². The number of halogens is 1. The van der Waals surface area contributed by atoms with Crippen molar-refractivity contribution in [2.75, 3.05) is 5.32 Å². The van der Waals surface area contributed by atoms with Gasteiger partial charge >= 0.3 is 0 Å². The normalized spacial score (nSPS) is 12.0. The van der Waals surface area contributed by atoms with Gasteiger partial charge in [-0.15, -0.1) is 0 Å². The highest BCUT2D eigenvalue weighted by Gasteiger charge is 2.07. The molecule has 2 N–H and O–H groups in total. The van der Waals surface area contributed by atoms with E-state index in [4.69, 9.17) is 0 Å². The van der Waals surface area contributed by atoms with E-state index >= 15 is 0 Å². The van der Waals surface area contributed by atoms with Crippen LogP contribution in [0.25, 0.3) is 0 Å². The van der Waals surface area contributed by atoms with E-state index in [0.29, 0.717) is 12.1 Å². The van der Waals surface area contributed by atoms with Gasteiger partial charge in [0.15, 0.2) is 0 Å². The van der Waals surface area contributed by atoms with E-state index < -0.39 is 0 Å². The smallest absolute Gasteiger partial charge is 0.221 e. The van der Waals surface area contributed by atoms with Crippen LogP contribution >= 0.6 is 0 Å². The average molecular weight is 300 g/mol. The van der Waals surface area contributed by atoms with Crippen LogP contribution in [0.3, 0.4) is 0 Å². The van der Waals surface area contributed by atoms with Gasteiger partial charge in [-0.25, -0.2) is 4.39 Å². The number of benzene rings is 2. The Bertz CT molecular complexity index is 670. The number of carbonyl (C=O) groups excluding carboxylic acids is 1. The third-order valence-corrected chi connectivity index (χ3v) is 3.56. The molecule has 22 heavy (non-hydrogen) atoms. The van der Waals surface area contributed by atoms with Crippen LogP contribution in [-0.4, -0.2) is 5.91 Å². The Kier molecular flexibility index (Phi) is 5.28. The first kappa shape index (κ1) is 16.2. The maximum absolute atomic E-state index is 13.5. The Morgan fingerprint density at radius 2 is 2.00 bits per heavy atom. The highest BCUT2D eigenvalue weighted by molar-refractivity contribution is 5.88. The van der Waals surface area contributed by atoms with Gasteiger partial charge in [0.1, 0.15) is 5.82 Å². The summed E-state index contributed by atoms with van der Waals surface area (Å²) >= 11 is 0. The van der Waals surface area contributed by atoms with Crippen molar-refractivity contribution in [3.63, 3.8) is 0 Å². The molecular weight excluding hydrogens is 279 g/mol. The summed E-state index contributed by atoms with van der Waals surface area (Å²) in [6.45, 7) is 5.86. The van der Waals surface area contributed by atoms with Crippen LogP contribution in [0, 0.1) is 12.7 Å². The van der Waals surface area contributed by atoms with Crippen LogP contribution < -0.4 is 10.6 Å². The molecule has 0 saturated carbocycles. The molecule has 0 aliphatic rings. The van der Waals surface area contributed by atoms with Crippen molar-refractivity contribution in [1.29, 1.82) is 0 Å². The molecule has 0 aliphatic heterocycles. The molecule has 3 nitrogen and oxygen atoms in total. The molecule has 0 radical (unpaired) electrons. The third kappa shape index (κ3) is 4.40. The predicted molar refractivity (Wildman–Crippen MR) is 87.1 cm³/mol. The van der Waals surface area contributed by atoms with Crippen molar-refractivity contribution < 1.29 is 9.18 Å². The van der Waals surface area contributed by atoms with Crippen molar-refractivity contribution in [2.45, 2.75) is 33.4 Å². The number of anilines is 1. The molecule has 2 rings (SSSR count). The molecule has 1 atom stereocenters. The number of rotatable bonds is 5. The standard InChI is InChI=1S/C18H21FN2O/c1-12-7-8-15(9-18(12)19)11-20-13(2)16-5-4-6-17(10-16)21-14(3)22/h4-10,13,20H,11H2,1-3H3,(H,21,22). The number of amides is 1. The Balaban J connectivity index is 2.01. The van der Waals surface area contributed by atoms with E-state index in [0.717, 1.165) is 16.8 Å². The number of carbonyl (C=O) groups is 1. The minimum absolute atomic E-state index is 0.0899. The summed E-state index contributed by atoms with van der Waals surface area (Å²) in [7, 11) is 0. The van der Waals surface area contributed by atoms with Gasteiger partial charge in [-0.05, 0) is 48.7 Å². The van der Waals surface area contributed by atoms with E-state index in [9.17, 15) is 9.18 Å². The largest absolute Gasteiger partial charge is 0.326 e. The van der Waals surface area contributed by atoms with E-state index in [1.807, 2.05) is 37.3 Å². The zero-order chi connectivity index (χ0) is 16.1. The van der Waals surface area contributed by atoms with Gasteiger partial charge in [-0.2, -0.15) is 0 Å². The Morgan fingerprint density at radius 3 is 2.68 bits per heavy atom. The van der Waals surface area contributed by atoms with E-state index in [1.165, 1.54) is 6.92 Å². The summed E-state index contributed by atoms with van der Waals surface area (Å²) in [4.78, 5) is 11.1. The zero-order valence-electron chi connectivity index (χ0n) is 13.1. The summed E-state index contributed by atoms with van der Waals surface area (Å²) in [5.41, 5.74) is 3.41. The monoisotopic (exact) mass is 300 g/mol. The molecule has 0 heterocycles. The van der Waals surface area contributed by atoms with Gasteiger partial charge < -0.3 is 10.6 Å². The summed E-state index contributed by atoms with van der Waals surface area (Å²) in [6.07, 6.45) is 0. The predicted octanol–water partition coefficient (Wildman–Crippen LogP) is 3.94. The fraction of sp³-hybridized carbons (Fsp3) is 0.278. The fourth-order valence-electron chi connectivity index (χ4n) is 2.22. The average Bonchev–Trinajstić information content (AvgIpc) is 2.48. The van der Waals surface area contributed by atoms with Gasteiger partial charge in [-0.1, -0.05) is 24.3 Å². The number of nitrogens with one attached hydrogen (secondary N) is 2. The minimum atomic E-state index is -0.181. The molecule has 0 bridgehead atoms. The number of aryl methyl sites for hydroxylation is 1. The lowest BCUT2D eigenvalue weighted by Gasteiger charge is -2.16. The second kappa shape index (κ2) is 7.18. The SMILES string of the molecule is CC(=O)Nc1cccc(C(C)NCc2ccc(C)c(F)c2)c1. The van der Waals surface area contributed by atoms with Crippen LogP contribution in [0.15, 0.2) is 42.5 Å². The van der Waals surface area contributed by atoms with Crippen LogP contribution in [0.1, 0.15) is 36.6 Å². The van der Waals surface area contributed by atoms with Crippen LogP contribution in [-0.2, 0) is 11.3 Å². The first-order valence-electron chi connectivity index (χ1n) is 7.31. The van der Waals surface area contributed by atoms with Gasteiger partial charge in [0, 0.05) is 25.2 Å². The molecular formula is C18H21FN2O. The fourth-order valence-corrected chi connectivity index (χ4v) is 2.22. The molecule has 1 unspecified atom stereocenters. The number of hydrogen-bond acceptors (Lipinski definition) is 2. The zero-order valence-corrected chi connectivity index (χ0v) is 13.1. The van der Waals surface area contributed by atoms with E-state index in [1.54, 1.807) is 19.1 Å². The summed E-state index contributed by atoms with van der Waals surface area (Å²) in [6, 6.07) is 13.1. The van der Waals surface area contributed by atoms with Gasteiger partial charge in [-0.3, -0.25) is 4.79 Å². The van der Waals surface area contributed by atoms with Crippen molar-refractivity contribution in [3.05, 3.63) is 65.0 Å². The molecule has 2 aromatic rings. The quantitative estimate of drug-likeness (QED) is 0.878. The summed E-state index contributed by atoms with van der Waals surface area (Å²) in [5.74, 6) is -0.271. The lowest BCUT2D eigenvalue weighted by atomic mass is 10.1. The lowest BCUT2D eigenvalue weighted by Crippen LogP contribution is -2.18. The van der Waals surface area contributed by atoms with E-state index in [2.05, 4.69) is 10.6 Å². The second-order valence-corrected chi connectivity index (χ2v) is 5.49. The molecule has 4 heteroatoms. The van der Waals surface area contributed by atoms with E-state index in [-0.39, 0.29) is 17.8 Å². The molecule has 0 spiro atoms. The topological polar surface area (TPSA) is 41.1 Å². The molecule has 0 fully saturated rings. The van der Waals surface area contributed by atoms with Crippen molar-refractivity contribution in [3.8, 4) is 0 Å². The summed E-state index contributed by atoms with van der Waals surface area (Å²) in [5, 5.41) is 6.13. The van der Waals surface area contributed by atoms with Gasteiger partial charge in [0.25, 0.3) is 0 Å². The number of hydrogen-bond donors (Lipinski definition) is 2. The Hall–Kier alpha value is -2.20. The molecule has 0 aromatic heterocycles. The third-order valence-electron chi connectivity index (χ3n) is 3.56. The van der Waals surface area contributed by atoms with Crippen molar-refractivity contribution >= 4 is 11.6 Å². The first-order chi connectivity index (χ1) is 10.5. The highest BCUT2D eigenvalue weighted by Crippen LogP contribution is 2.18. The molecule has 2 aromatic carbocycles. The maximum atomic E-state index is 13.5. The maximum Gasteiger partial charge on any atom is 0.221 e. The molecule has 0 aliphatic carbocycles. The van der Waals surface area contributed by atoms with Crippen LogP contribution in [0.4, 0.5) is 10.1 Å². The molecule has 116 valence electrons. The second-order valence-electron chi connectivity index (χ2n) is 5.49. The molecule has 1 amide bonds. The summed E-state index contributed by atoms with van der Waals surface area (Å²) < 4.78 is 13.5. The van der Waals surface area contributed by atoms with Crippen LogP contribution in [0.2, 0.25) is 0 Å². The minimum Gasteiger partial charge on any atom is -0.326 e. The first-order valence-corrected chi connectivity index (χ1v) is 7.31. The van der Waals surface area contributed by atoms with Gasteiger partial charge in [0.05, 0.1) is 0 Å². The lowest BCUT2D eigenvalue weighted by molar-refractivity contribution is -0.114. The van der Waals surface area contributed by atoms with Crippen molar-refractivity contribution in [2.24, 2.45) is 0 Å². The van der Waals surface area contributed by atoms with Crippen LogP contribution in [0.5, 0.6) is 0 Å². The van der Waals surface area contributed by atoms with Crippen molar-refractivity contribution in [1.82, 2.24) is 5.32 Å². The molecule has 0 saturated heterocycles. The highest BCUT2D eigenvalue weighted by atomic mass is 19.1. The van der Waals surface area contributed by atoms with Gasteiger partial charge in [0.2, 0.25) is 5.91 Å². The Morgan fingerprint density at radius 1 is 1.23 bits per heavy atom.